The molecule has 2 aromatic rings. The highest BCUT2D eigenvalue weighted by molar-refractivity contribution is 5.87. The highest BCUT2D eigenvalue weighted by atomic mass is 16.1. The summed E-state index contributed by atoms with van der Waals surface area (Å²) in [5, 5.41) is 10.3. The van der Waals surface area contributed by atoms with E-state index in [1.807, 2.05) is 36.3 Å². The third-order valence-corrected chi connectivity index (χ3v) is 3.02. The lowest BCUT2D eigenvalue weighted by atomic mass is 9.95. The summed E-state index contributed by atoms with van der Waals surface area (Å²) in [6.45, 7) is 0.372. The van der Waals surface area contributed by atoms with E-state index in [0.29, 0.717) is 12.1 Å². The fourth-order valence-electron chi connectivity index (χ4n) is 2.18. The summed E-state index contributed by atoms with van der Waals surface area (Å²) in [6, 6.07) is 13.9. The Labute approximate surface area is 98.5 Å². The average molecular weight is 222 g/mol. The van der Waals surface area contributed by atoms with Gasteiger partial charge < -0.3 is 0 Å². The first-order valence-electron chi connectivity index (χ1n) is 5.48. The van der Waals surface area contributed by atoms with E-state index in [9.17, 15) is 4.79 Å². The van der Waals surface area contributed by atoms with Crippen LogP contribution in [0.15, 0.2) is 58.3 Å². The van der Waals surface area contributed by atoms with Gasteiger partial charge in [-0.1, -0.05) is 42.5 Å². The summed E-state index contributed by atoms with van der Waals surface area (Å²) in [7, 11) is 0. The molecule has 0 N–H and O–H groups in total. The van der Waals surface area contributed by atoms with Gasteiger partial charge in [0.15, 0.2) is 0 Å². The van der Waals surface area contributed by atoms with Gasteiger partial charge in [-0.2, -0.15) is 10.2 Å². The largest absolute Gasteiger partial charge is 0.233 e. The van der Waals surface area contributed by atoms with Crippen LogP contribution in [0, 0.1) is 0 Å². The SMILES string of the molecule is O=C=C1CN=NC1c1cccc2ccccc12. The molecule has 0 aliphatic carbocycles. The predicted molar refractivity (Wildman–Crippen MR) is 65.6 cm³/mol. The van der Waals surface area contributed by atoms with Crippen molar-refractivity contribution in [2.24, 2.45) is 10.2 Å². The molecule has 0 saturated carbocycles. The van der Waals surface area contributed by atoms with Crippen molar-refractivity contribution in [3.63, 3.8) is 0 Å². The minimum absolute atomic E-state index is 0.251. The maximum absolute atomic E-state index is 10.8. The van der Waals surface area contributed by atoms with Gasteiger partial charge in [-0.3, -0.25) is 0 Å². The Morgan fingerprint density at radius 1 is 1.12 bits per heavy atom. The number of carbonyl (C=O) groups excluding carboxylic acids is 1. The molecule has 1 heterocycles. The molecular weight excluding hydrogens is 212 g/mol. The smallest absolute Gasteiger partial charge is 0.130 e. The normalized spacial score (nSPS) is 18.6. The minimum atomic E-state index is -0.251. The topological polar surface area (TPSA) is 41.8 Å². The van der Waals surface area contributed by atoms with Crippen LogP contribution in [0.25, 0.3) is 10.8 Å². The summed E-state index contributed by atoms with van der Waals surface area (Å²) in [4.78, 5) is 10.8. The Bertz CT molecular complexity index is 649. The van der Waals surface area contributed by atoms with Crippen molar-refractivity contribution in [2.45, 2.75) is 6.04 Å². The second kappa shape index (κ2) is 3.96. The van der Waals surface area contributed by atoms with E-state index in [-0.39, 0.29) is 6.04 Å². The number of nitrogens with zero attached hydrogens (tertiary/aromatic N) is 2. The molecule has 0 aromatic heterocycles. The number of hydrogen-bond acceptors (Lipinski definition) is 3. The van der Waals surface area contributed by atoms with E-state index in [0.717, 1.165) is 16.3 Å². The maximum Gasteiger partial charge on any atom is 0.130 e. The molecule has 0 bridgehead atoms. The van der Waals surface area contributed by atoms with E-state index in [2.05, 4.69) is 22.4 Å². The fourth-order valence-corrected chi connectivity index (χ4v) is 2.18. The summed E-state index contributed by atoms with van der Waals surface area (Å²) in [6.07, 6.45) is 0. The summed E-state index contributed by atoms with van der Waals surface area (Å²) < 4.78 is 0. The zero-order valence-electron chi connectivity index (χ0n) is 9.13. The van der Waals surface area contributed by atoms with Gasteiger partial charge in [-0.05, 0) is 16.3 Å². The summed E-state index contributed by atoms with van der Waals surface area (Å²) in [5.41, 5.74) is 1.64. The van der Waals surface area contributed by atoms with Gasteiger partial charge in [0.1, 0.15) is 12.0 Å². The van der Waals surface area contributed by atoms with Gasteiger partial charge in [0.05, 0.1) is 12.1 Å². The molecule has 3 rings (SSSR count). The third-order valence-electron chi connectivity index (χ3n) is 3.02. The number of rotatable bonds is 1. The highest BCUT2D eigenvalue weighted by Crippen LogP contribution is 2.34. The van der Waals surface area contributed by atoms with Crippen molar-refractivity contribution in [3.8, 4) is 0 Å². The number of fused-ring (bicyclic) bond motifs is 1. The zero-order chi connectivity index (χ0) is 11.7. The van der Waals surface area contributed by atoms with Crippen LogP contribution in [0.4, 0.5) is 0 Å². The number of benzene rings is 2. The second-order valence-corrected chi connectivity index (χ2v) is 4.01. The Kier molecular flexibility index (Phi) is 2.32. The van der Waals surface area contributed by atoms with E-state index in [4.69, 9.17) is 0 Å². The fraction of sp³-hybridized carbons (Fsp3) is 0.143. The van der Waals surface area contributed by atoms with E-state index in [1.54, 1.807) is 0 Å². The van der Waals surface area contributed by atoms with Gasteiger partial charge in [0.2, 0.25) is 0 Å². The molecule has 1 atom stereocenters. The van der Waals surface area contributed by atoms with Crippen LogP contribution < -0.4 is 0 Å². The molecule has 0 spiro atoms. The Balaban J connectivity index is 2.24. The minimum Gasteiger partial charge on any atom is -0.233 e. The zero-order valence-corrected chi connectivity index (χ0v) is 9.13. The van der Waals surface area contributed by atoms with Crippen molar-refractivity contribution >= 4 is 16.7 Å². The molecule has 0 saturated heterocycles. The van der Waals surface area contributed by atoms with E-state index in [1.165, 1.54) is 0 Å². The average Bonchev–Trinajstić information content (AvgIpc) is 2.86. The van der Waals surface area contributed by atoms with Crippen molar-refractivity contribution in [1.29, 1.82) is 0 Å². The van der Waals surface area contributed by atoms with Gasteiger partial charge in [0, 0.05) is 0 Å². The molecule has 3 nitrogen and oxygen atoms in total. The van der Waals surface area contributed by atoms with Gasteiger partial charge >= 0.3 is 0 Å². The van der Waals surface area contributed by atoms with Gasteiger partial charge in [0.25, 0.3) is 0 Å². The lowest BCUT2D eigenvalue weighted by Gasteiger charge is -2.09. The molecule has 0 amide bonds. The van der Waals surface area contributed by atoms with Crippen LogP contribution in [0.5, 0.6) is 0 Å². The first-order chi connectivity index (χ1) is 8.40. The quantitative estimate of drug-likeness (QED) is 0.683. The lowest BCUT2D eigenvalue weighted by molar-refractivity contribution is 0.565. The van der Waals surface area contributed by atoms with Crippen LogP contribution in [-0.2, 0) is 4.79 Å². The van der Waals surface area contributed by atoms with E-state index >= 15 is 0 Å². The summed E-state index contributed by atoms with van der Waals surface area (Å²) in [5.74, 6) is 1.96. The Morgan fingerprint density at radius 2 is 1.94 bits per heavy atom. The third kappa shape index (κ3) is 1.57. The standard InChI is InChI=1S/C14H10N2O/c17-9-11-8-15-16-14(11)13-7-3-5-10-4-1-2-6-12(10)13/h1-7,14H,8H2. The van der Waals surface area contributed by atoms with Crippen LogP contribution in [0.1, 0.15) is 11.6 Å². The molecular formula is C14H10N2O. The van der Waals surface area contributed by atoms with Crippen LogP contribution >= 0.6 is 0 Å². The van der Waals surface area contributed by atoms with Crippen LogP contribution in [0.3, 0.4) is 0 Å². The molecule has 0 radical (unpaired) electrons. The number of azo groups is 1. The van der Waals surface area contributed by atoms with Crippen molar-refractivity contribution in [2.75, 3.05) is 6.54 Å². The molecule has 82 valence electrons. The van der Waals surface area contributed by atoms with Crippen molar-refractivity contribution < 1.29 is 4.79 Å². The monoisotopic (exact) mass is 222 g/mol. The molecule has 1 aliphatic rings. The van der Waals surface area contributed by atoms with Crippen molar-refractivity contribution in [1.82, 2.24) is 0 Å². The summed E-state index contributed by atoms with van der Waals surface area (Å²) >= 11 is 0. The van der Waals surface area contributed by atoms with Crippen molar-refractivity contribution in [3.05, 3.63) is 53.6 Å². The lowest BCUT2D eigenvalue weighted by Crippen LogP contribution is -1.98. The molecule has 1 unspecified atom stereocenters. The predicted octanol–water partition coefficient (Wildman–Crippen LogP) is 3.10. The second-order valence-electron chi connectivity index (χ2n) is 4.01. The highest BCUT2D eigenvalue weighted by Gasteiger charge is 2.23. The van der Waals surface area contributed by atoms with Crippen LogP contribution in [0.2, 0.25) is 0 Å². The number of hydrogen-bond donors (Lipinski definition) is 0. The molecule has 1 aliphatic heterocycles. The molecule has 2 aromatic carbocycles. The Hall–Kier alpha value is -2.25. The van der Waals surface area contributed by atoms with Gasteiger partial charge in [-0.25, -0.2) is 4.79 Å². The Morgan fingerprint density at radius 3 is 2.82 bits per heavy atom. The molecule has 0 fully saturated rings. The van der Waals surface area contributed by atoms with Crippen LogP contribution in [-0.4, -0.2) is 12.5 Å². The molecule has 3 heteroatoms. The molecule has 17 heavy (non-hydrogen) atoms. The first kappa shape index (κ1) is 9.94. The first-order valence-corrected chi connectivity index (χ1v) is 5.48. The van der Waals surface area contributed by atoms with Gasteiger partial charge in [-0.15, -0.1) is 0 Å². The maximum atomic E-state index is 10.8. The van der Waals surface area contributed by atoms with E-state index < -0.39 is 0 Å².